The Bertz CT molecular complexity index is 828. The topological polar surface area (TPSA) is 36.1 Å². The van der Waals surface area contributed by atoms with Crippen LogP contribution >= 0.6 is 141 Å². The van der Waals surface area contributed by atoms with E-state index >= 15 is 0 Å². The normalized spacial score (nSPS) is 21.6. The molecule has 15 heteroatoms. The van der Waals surface area contributed by atoms with E-state index in [-0.39, 0.29) is 0 Å². The van der Waals surface area contributed by atoms with Gasteiger partial charge in [0.05, 0.1) is 38.1 Å². The number of nitrogens with one attached hydrogen (secondary N) is 3. The first-order valence-corrected chi connectivity index (χ1v) is 21.4. The first-order chi connectivity index (χ1) is 16.0. The molecule has 0 aliphatic carbocycles. The standard InChI is InChI=1S/C18H21N3S12/c1-22-13-14(23-2)29-10(28-13)7-19-8(11-30-15(24-3)16(25-4)31-11)21-9(20-7)12-32-17(26-5)18(27-6)33-12/h19-21H,1-6H3. The van der Waals surface area contributed by atoms with Gasteiger partial charge in [-0.3, -0.25) is 0 Å². The highest BCUT2D eigenvalue weighted by molar-refractivity contribution is 8.42. The van der Waals surface area contributed by atoms with Crippen molar-refractivity contribution in [1.82, 2.24) is 16.0 Å². The maximum Gasteiger partial charge on any atom is 0.131 e. The number of thioether (sulfide) groups is 12. The predicted octanol–water partition coefficient (Wildman–Crippen LogP) is 9.15. The smallest absolute Gasteiger partial charge is 0.131 e. The predicted molar refractivity (Wildman–Crippen MR) is 178 cm³/mol. The van der Waals surface area contributed by atoms with Crippen molar-refractivity contribution in [3.63, 3.8) is 0 Å². The third-order valence-electron chi connectivity index (χ3n) is 4.09. The van der Waals surface area contributed by atoms with Crippen LogP contribution in [0.3, 0.4) is 0 Å². The zero-order valence-corrected chi connectivity index (χ0v) is 28.2. The summed E-state index contributed by atoms with van der Waals surface area (Å²) in [5.74, 6) is 3.20. The fourth-order valence-electron chi connectivity index (χ4n) is 2.65. The van der Waals surface area contributed by atoms with Gasteiger partial charge in [0.2, 0.25) is 0 Å². The molecule has 4 aliphatic rings. The van der Waals surface area contributed by atoms with Gasteiger partial charge in [0.15, 0.2) is 0 Å². The lowest BCUT2D eigenvalue weighted by Crippen LogP contribution is -2.43. The molecular weight excluding hydrogens is 643 g/mol. The summed E-state index contributed by atoms with van der Waals surface area (Å²) in [7, 11) is 0. The van der Waals surface area contributed by atoms with Crippen LogP contribution in [0.15, 0.2) is 55.6 Å². The van der Waals surface area contributed by atoms with Crippen LogP contribution in [0, 0.1) is 0 Å². The maximum absolute atomic E-state index is 3.71. The highest BCUT2D eigenvalue weighted by Gasteiger charge is 2.32. The molecule has 0 amide bonds. The fourth-order valence-corrected chi connectivity index (χ4v) is 17.3. The van der Waals surface area contributed by atoms with Crippen LogP contribution in [-0.2, 0) is 0 Å². The van der Waals surface area contributed by atoms with Gasteiger partial charge in [-0.15, -0.1) is 70.6 Å². The van der Waals surface area contributed by atoms with Gasteiger partial charge in [0, 0.05) is 0 Å². The van der Waals surface area contributed by atoms with E-state index in [2.05, 4.69) is 53.5 Å². The van der Waals surface area contributed by atoms with E-state index in [1.54, 1.807) is 0 Å². The highest BCUT2D eigenvalue weighted by Crippen LogP contribution is 2.60. The van der Waals surface area contributed by atoms with Gasteiger partial charge >= 0.3 is 0 Å². The number of hydrogen-bond donors (Lipinski definition) is 3. The summed E-state index contributed by atoms with van der Waals surface area (Å²) in [6.07, 6.45) is 13.0. The third kappa shape index (κ3) is 6.37. The number of hydrogen-bond acceptors (Lipinski definition) is 15. The molecule has 1 saturated heterocycles. The molecule has 4 rings (SSSR count). The SMILES string of the molecule is CSC1=C(SC)SC(=C2NC(=C3SC(SC)=C(SC)S3)NC(=C3SC(SC)=C(SC)S3)N2)S1. The summed E-state index contributed by atoms with van der Waals surface area (Å²) in [5.41, 5.74) is 0. The second-order valence-electron chi connectivity index (χ2n) is 5.92. The highest BCUT2D eigenvalue weighted by atomic mass is 32.3. The van der Waals surface area contributed by atoms with Crippen molar-refractivity contribution in [3.05, 3.63) is 55.6 Å². The summed E-state index contributed by atoms with van der Waals surface area (Å²) < 4.78 is 12.1. The van der Waals surface area contributed by atoms with Crippen molar-refractivity contribution in [2.24, 2.45) is 0 Å². The van der Waals surface area contributed by atoms with E-state index in [1.807, 2.05) is 141 Å². The first kappa shape index (κ1) is 28.1. The van der Waals surface area contributed by atoms with Crippen molar-refractivity contribution in [1.29, 1.82) is 0 Å². The van der Waals surface area contributed by atoms with Crippen molar-refractivity contribution in [3.8, 4) is 0 Å². The van der Waals surface area contributed by atoms with Gasteiger partial charge in [-0.2, -0.15) is 0 Å². The van der Waals surface area contributed by atoms with Gasteiger partial charge < -0.3 is 16.0 Å². The molecular formula is C18H21N3S12. The molecule has 180 valence electrons. The molecule has 0 spiro atoms. The summed E-state index contributed by atoms with van der Waals surface area (Å²) in [6, 6.07) is 0. The molecule has 0 atom stereocenters. The second kappa shape index (κ2) is 13.2. The molecule has 0 aromatic heterocycles. The van der Waals surface area contributed by atoms with Crippen molar-refractivity contribution in [2.75, 3.05) is 37.5 Å². The second-order valence-corrected chi connectivity index (χ2v) is 19.3. The molecule has 4 heterocycles. The van der Waals surface area contributed by atoms with Crippen molar-refractivity contribution >= 4 is 141 Å². The Morgan fingerprint density at radius 2 is 0.545 bits per heavy atom. The van der Waals surface area contributed by atoms with Crippen LogP contribution in [0.2, 0.25) is 0 Å². The van der Waals surface area contributed by atoms with E-state index in [4.69, 9.17) is 0 Å². The molecule has 33 heavy (non-hydrogen) atoms. The van der Waals surface area contributed by atoms with E-state index in [1.165, 1.54) is 38.1 Å². The Balaban J connectivity index is 1.70. The summed E-state index contributed by atoms with van der Waals surface area (Å²) in [6.45, 7) is 0. The Labute approximate surface area is 247 Å². The van der Waals surface area contributed by atoms with Crippen LogP contribution in [0.25, 0.3) is 0 Å². The van der Waals surface area contributed by atoms with Crippen molar-refractivity contribution < 1.29 is 0 Å². The van der Waals surface area contributed by atoms with Crippen LogP contribution in [0.4, 0.5) is 0 Å². The van der Waals surface area contributed by atoms with Gasteiger partial charge in [-0.25, -0.2) is 0 Å². The maximum atomic E-state index is 3.71. The van der Waals surface area contributed by atoms with E-state index < -0.39 is 0 Å². The van der Waals surface area contributed by atoms with E-state index in [9.17, 15) is 0 Å². The van der Waals surface area contributed by atoms with Gasteiger partial charge in [-0.05, 0) is 37.5 Å². The molecule has 3 N–H and O–H groups in total. The Morgan fingerprint density at radius 1 is 0.364 bits per heavy atom. The average molecular weight is 664 g/mol. The molecule has 0 radical (unpaired) electrons. The minimum absolute atomic E-state index is 1.07. The lowest BCUT2D eigenvalue weighted by molar-refractivity contribution is 0.666. The lowest BCUT2D eigenvalue weighted by Gasteiger charge is -2.29. The Hall–Kier alpha value is 2.04. The van der Waals surface area contributed by atoms with Crippen LogP contribution < -0.4 is 16.0 Å². The van der Waals surface area contributed by atoms with Crippen LogP contribution in [0.1, 0.15) is 0 Å². The monoisotopic (exact) mass is 663 g/mol. The van der Waals surface area contributed by atoms with E-state index in [0.717, 1.165) is 17.5 Å². The van der Waals surface area contributed by atoms with Crippen molar-refractivity contribution in [2.45, 2.75) is 0 Å². The van der Waals surface area contributed by atoms with Gasteiger partial charge in [-0.1, -0.05) is 70.6 Å². The van der Waals surface area contributed by atoms with Gasteiger partial charge in [0.25, 0.3) is 0 Å². The lowest BCUT2D eigenvalue weighted by atomic mass is 10.5. The molecule has 1 fully saturated rings. The Kier molecular flexibility index (Phi) is 11.2. The zero-order valence-electron chi connectivity index (χ0n) is 18.4. The Morgan fingerprint density at radius 3 is 0.697 bits per heavy atom. The molecule has 0 aromatic rings. The van der Waals surface area contributed by atoms with E-state index in [0.29, 0.717) is 0 Å². The molecule has 4 aliphatic heterocycles. The largest absolute Gasteiger partial charge is 0.325 e. The fraction of sp³-hybridized carbons (Fsp3) is 0.333. The molecule has 0 saturated carbocycles. The quantitative estimate of drug-likeness (QED) is 0.253. The molecule has 0 bridgehead atoms. The summed E-state index contributed by atoms with van der Waals surface area (Å²) in [4.78, 5) is 0. The summed E-state index contributed by atoms with van der Waals surface area (Å²) >= 11 is 22.1. The zero-order chi connectivity index (χ0) is 23.5. The minimum Gasteiger partial charge on any atom is -0.325 e. The number of rotatable bonds is 6. The van der Waals surface area contributed by atoms with Gasteiger partial charge in [0.1, 0.15) is 17.5 Å². The summed E-state index contributed by atoms with van der Waals surface area (Å²) in [5, 5.41) is 11.1. The first-order valence-electron chi connectivity index (χ1n) is 9.12. The molecule has 0 unspecified atom stereocenters. The van der Waals surface area contributed by atoms with Crippen LogP contribution in [0.5, 0.6) is 0 Å². The molecule has 3 nitrogen and oxygen atoms in total. The third-order valence-corrected chi connectivity index (χ3v) is 19.8. The van der Waals surface area contributed by atoms with Crippen LogP contribution in [-0.4, -0.2) is 37.5 Å². The average Bonchev–Trinajstić information content (AvgIpc) is 3.58. The molecule has 0 aromatic carbocycles. The minimum atomic E-state index is 1.07.